The van der Waals surface area contributed by atoms with Crippen LogP contribution in [0.15, 0.2) is 24.4 Å². The van der Waals surface area contributed by atoms with E-state index in [1.54, 1.807) is 6.92 Å². The van der Waals surface area contributed by atoms with Gasteiger partial charge in [-0.25, -0.2) is 13.8 Å². The van der Waals surface area contributed by atoms with Crippen LogP contribution < -0.4 is 15.5 Å². The topological polar surface area (TPSA) is 80.7 Å². The van der Waals surface area contributed by atoms with E-state index in [1.807, 2.05) is 0 Å². The molecular formula is C23H26F5N5O2. The fourth-order valence-corrected chi connectivity index (χ4v) is 4.41. The van der Waals surface area contributed by atoms with Gasteiger partial charge in [-0.05, 0) is 45.0 Å². The second kappa shape index (κ2) is 9.94. The van der Waals surface area contributed by atoms with E-state index in [2.05, 4.69) is 15.6 Å². The maximum Gasteiger partial charge on any atom is 0.401 e. The molecule has 1 saturated heterocycles. The van der Waals surface area contributed by atoms with Gasteiger partial charge in [0.2, 0.25) is 5.91 Å². The minimum Gasteiger partial charge on any atom is -0.394 e. The molecule has 0 radical (unpaired) electrons. The van der Waals surface area contributed by atoms with Crippen LogP contribution in [-0.4, -0.2) is 59.4 Å². The van der Waals surface area contributed by atoms with Crippen molar-refractivity contribution in [1.82, 2.24) is 9.88 Å². The second-order valence-corrected chi connectivity index (χ2v) is 8.95. The van der Waals surface area contributed by atoms with Gasteiger partial charge in [0.05, 0.1) is 43.0 Å². The third-order valence-electron chi connectivity index (χ3n) is 6.17. The van der Waals surface area contributed by atoms with Crippen LogP contribution in [0.1, 0.15) is 25.3 Å². The van der Waals surface area contributed by atoms with Gasteiger partial charge in [-0.15, -0.1) is 0 Å². The van der Waals surface area contributed by atoms with E-state index in [1.165, 1.54) is 28.0 Å². The fraction of sp³-hybridized carbons (Fsp3) is 0.478. The maximum atomic E-state index is 14.8. The minimum absolute atomic E-state index is 0.0533. The molecule has 190 valence electrons. The van der Waals surface area contributed by atoms with E-state index >= 15 is 0 Å². The summed E-state index contributed by atoms with van der Waals surface area (Å²) < 4.78 is 67.0. The Bertz CT molecular complexity index is 1090. The smallest absolute Gasteiger partial charge is 0.394 e. The van der Waals surface area contributed by atoms with E-state index in [9.17, 15) is 31.9 Å². The molecule has 3 heterocycles. The predicted molar refractivity (Wildman–Crippen MR) is 120 cm³/mol. The molecule has 0 spiro atoms. The van der Waals surface area contributed by atoms with Gasteiger partial charge in [-0.2, -0.15) is 13.2 Å². The number of carbonyl (C=O) groups is 1. The summed E-state index contributed by atoms with van der Waals surface area (Å²) >= 11 is 0. The van der Waals surface area contributed by atoms with Gasteiger partial charge in [0.1, 0.15) is 17.5 Å². The predicted octanol–water partition coefficient (Wildman–Crippen LogP) is 4.02. The number of fused-ring (bicyclic) bond motifs is 2. The van der Waals surface area contributed by atoms with E-state index in [4.69, 9.17) is 0 Å². The molecule has 2 aliphatic rings. The van der Waals surface area contributed by atoms with E-state index in [-0.39, 0.29) is 62.2 Å². The lowest BCUT2D eigenvalue weighted by Gasteiger charge is -2.34. The fourth-order valence-electron chi connectivity index (χ4n) is 4.41. The molecule has 1 fully saturated rings. The van der Waals surface area contributed by atoms with Gasteiger partial charge in [-0.1, -0.05) is 0 Å². The standard InChI is InChI=1S/C23H26F5N5O2/c1-13(11-34)30-18-8-20-19(7-17(18)25)31-21-15(6-16(24)9-29-21)10-33(20)22(35)14-2-4-32(5-3-14)12-23(26,27)28/h6-9,13-14,30,34H,2-5,10-12H2,1H3,(H,29,31)/t13-/m0/s1. The number of rotatable bonds is 5. The van der Waals surface area contributed by atoms with Gasteiger partial charge >= 0.3 is 6.18 Å². The summed E-state index contributed by atoms with van der Waals surface area (Å²) in [5.41, 5.74) is 1.00. The number of amides is 1. The molecule has 7 nitrogen and oxygen atoms in total. The summed E-state index contributed by atoms with van der Waals surface area (Å²) in [7, 11) is 0. The molecule has 2 aliphatic heterocycles. The highest BCUT2D eigenvalue weighted by atomic mass is 19.4. The Morgan fingerprint density at radius 1 is 1.26 bits per heavy atom. The first-order valence-electron chi connectivity index (χ1n) is 11.3. The normalized spacial score (nSPS) is 17.7. The number of benzene rings is 1. The molecular weight excluding hydrogens is 473 g/mol. The van der Waals surface area contributed by atoms with Crippen LogP contribution in [0.4, 0.5) is 44.8 Å². The molecule has 1 aromatic carbocycles. The van der Waals surface area contributed by atoms with Crippen LogP contribution in [0.2, 0.25) is 0 Å². The van der Waals surface area contributed by atoms with Crippen molar-refractivity contribution in [2.45, 2.75) is 38.5 Å². The number of likely N-dealkylation sites (tertiary alicyclic amines) is 1. The van der Waals surface area contributed by atoms with Crippen LogP contribution >= 0.6 is 0 Å². The molecule has 1 aromatic heterocycles. The molecule has 3 N–H and O–H groups in total. The van der Waals surface area contributed by atoms with Gasteiger partial charge in [0.25, 0.3) is 0 Å². The highest BCUT2D eigenvalue weighted by Crippen LogP contribution is 2.40. The Hall–Kier alpha value is -2.99. The molecule has 0 unspecified atom stereocenters. The van der Waals surface area contributed by atoms with Crippen molar-refractivity contribution >= 4 is 28.8 Å². The first kappa shape index (κ1) is 25.1. The summed E-state index contributed by atoms with van der Waals surface area (Å²) in [6.07, 6.45) is -2.84. The zero-order valence-electron chi connectivity index (χ0n) is 19.0. The van der Waals surface area contributed by atoms with Crippen molar-refractivity contribution in [2.75, 3.05) is 41.8 Å². The van der Waals surface area contributed by atoms with Gasteiger partial charge in [-0.3, -0.25) is 9.69 Å². The van der Waals surface area contributed by atoms with Gasteiger partial charge in [0.15, 0.2) is 0 Å². The Labute approximate surface area is 198 Å². The van der Waals surface area contributed by atoms with E-state index < -0.39 is 36.3 Å². The lowest BCUT2D eigenvalue weighted by Crippen LogP contribution is -2.45. The number of piperidine rings is 1. The Morgan fingerprint density at radius 2 is 1.97 bits per heavy atom. The third-order valence-corrected chi connectivity index (χ3v) is 6.17. The summed E-state index contributed by atoms with van der Waals surface area (Å²) in [5.74, 6) is -1.85. The summed E-state index contributed by atoms with van der Waals surface area (Å²) in [6, 6.07) is 3.39. The molecule has 1 atom stereocenters. The monoisotopic (exact) mass is 499 g/mol. The number of alkyl halides is 3. The van der Waals surface area contributed by atoms with Crippen molar-refractivity contribution in [3.05, 3.63) is 41.6 Å². The van der Waals surface area contributed by atoms with E-state index in [0.717, 1.165) is 6.20 Å². The molecule has 2 aromatic rings. The number of pyridine rings is 1. The first-order valence-corrected chi connectivity index (χ1v) is 11.3. The second-order valence-electron chi connectivity index (χ2n) is 8.95. The number of carbonyl (C=O) groups excluding carboxylic acids is 1. The van der Waals surface area contributed by atoms with Gasteiger partial charge < -0.3 is 20.6 Å². The Kier molecular flexibility index (Phi) is 7.13. The summed E-state index contributed by atoms with van der Waals surface area (Å²) in [5, 5.41) is 15.1. The number of hydrogen-bond acceptors (Lipinski definition) is 6. The third kappa shape index (κ3) is 5.81. The van der Waals surface area contributed by atoms with Crippen LogP contribution in [0, 0.1) is 17.6 Å². The van der Waals surface area contributed by atoms with Crippen molar-refractivity contribution in [2.24, 2.45) is 5.92 Å². The van der Waals surface area contributed by atoms with Crippen molar-refractivity contribution < 1.29 is 31.9 Å². The summed E-state index contributed by atoms with van der Waals surface area (Å²) in [4.78, 5) is 20.3. The molecule has 12 heteroatoms. The molecule has 0 bridgehead atoms. The highest BCUT2D eigenvalue weighted by molar-refractivity contribution is 6.00. The quantitative estimate of drug-likeness (QED) is 0.540. The molecule has 35 heavy (non-hydrogen) atoms. The van der Waals surface area contributed by atoms with E-state index in [0.29, 0.717) is 11.3 Å². The molecule has 1 amide bonds. The number of aliphatic hydroxyl groups is 1. The maximum absolute atomic E-state index is 14.8. The highest BCUT2D eigenvalue weighted by Gasteiger charge is 2.36. The van der Waals surface area contributed by atoms with Gasteiger partial charge in [0, 0.05) is 23.6 Å². The van der Waals surface area contributed by atoms with Crippen molar-refractivity contribution in [3.8, 4) is 0 Å². The number of aliphatic hydroxyl groups excluding tert-OH is 1. The number of anilines is 4. The average molecular weight is 499 g/mol. The molecule has 4 rings (SSSR count). The zero-order valence-corrected chi connectivity index (χ0v) is 19.0. The van der Waals surface area contributed by atoms with Crippen molar-refractivity contribution in [3.63, 3.8) is 0 Å². The number of aromatic nitrogens is 1. The van der Waals surface area contributed by atoms with Crippen LogP contribution in [-0.2, 0) is 11.3 Å². The zero-order chi connectivity index (χ0) is 25.3. The summed E-state index contributed by atoms with van der Waals surface area (Å²) in [6.45, 7) is 0.562. The molecule has 0 aliphatic carbocycles. The minimum atomic E-state index is -4.31. The van der Waals surface area contributed by atoms with Crippen LogP contribution in [0.3, 0.4) is 0 Å². The number of nitrogens with zero attached hydrogens (tertiary/aromatic N) is 3. The first-order chi connectivity index (χ1) is 16.5. The average Bonchev–Trinajstić information content (AvgIpc) is 2.94. The Balaban J connectivity index is 1.66. The number of nitrogens with one attached hydrogen (secondary N) is 2. The molecule has 0 saturated carbocycles. The van der Waals surface area contributed by atoms with Crippen LogP contribution in [0.5, 0.6) is 0 Å². The van der Waals surface area contributed by atoms with Crippen LogP contribution in [0.25, 0.3) is 0 Å². The Morgan fingerprint density at radius 3 is 2.63 bits per heavy atom. The number of hydrogen-bond donors (Lipinski definition) is 3. The number of halogens is 5. The SMILES string of the molecule is C[C@@H](CO)Nc1cc2c(cc1F)Nc1ncc(F)cc1CN2C(=O)C1CCN(CC(F)(F)F)CC1. The largest absolute Gasteiger partial charge is 0.401 e. The lowest BCUT2D eigenvalue weighted by atomic mass is 9.94. The lowest BCUT2D eigenvalue weighted by molar-refractivity contribution is -0.149. The van der Waals surface area contributed by atoms with Crippen molar-refractivity contribution in [1.29, 1.82) is 0 Å².